The molecule has 0 aromatic heterocycles. The van der Waals surface area contributed by atoms with Gasteiger partial charge in [-0.25, -0.2) is 0 Å². The topological polar surface area (TPSA) is 96.6 Å². The summed E-state index contributed by atoms with van der Waals surface area (Å²) in [5.41, 5.74) is 16.8. The van der Waals surface area contributed by atoms with Crippen molar-refractivity contribution in [2.24, 2.45) is 10.2 Å². The summed E-state index contributed by atoms with van der Waals surface area (Å²) in [6, 6.07) is 112. The fourth-order valence-corrected chi connectivity index (χ4v) is 12.3. The van der Waals surface area contributed by atoms with Crippen LogP contribution in [0, 0.1) is 0 Å². The molecule has 452 valence electrons. The minimum Gasteiger partial charge on any atom is -0.491 e. The van der Waals surface area contributed by atoms with Gasteiger partial charge in [0.25, 0.3) is 0 Å². The Kier molecular flexibility index (Phi) is 18.2. The first kappa shape index (κ1) is 59.7. The molecule has 1 aliphatic rings. The van der Waals surface area contributed by atoms with E-state index in [0.29, 0.717) is 11.5 Å². The lowest BCUT2D eigenvalue weighted by molar-refractivity contribution is 0.112. The molecular weight excluding hydrogens is 1130 g/mol. The molecule has 0 fully saturated rings. The van der Waals surface area contributed by atoms with Gasteiger partial charge in [-0.05, 0) is 173 Å². The quantitative estimate of drug-likeness (QED) is 0.0456. The Morgan fingerprint density at radius 3 is 1.10 bits per heavy atom. The van der Waals surface area contributed by atoms with Gasteiger partial charge in [0.05, 0.1) is 41.8 Å². The van der Waals surface area contributed by atoms with Crippen LogP contribution in [0.3, 0.4) is 0 Å². The van der Waals surface area contributed by atoms with Gasteiger partial charge in [0.2, 0.25) is 0 Å². The van der Waals surface area contributed by atoms with Crippen LogP contribution in [0.1, 0.15) is 40.3 Å². The predicted octanol–water partition coefficient (Wildman–Crippen LogP) is 17.9. The number of ether oxygens (including phenoxy) is 2. The number of hydrogen-bond acceptors (Lipinski definition) is 10. The highest BCUT2D eigenvalue weighted by molar-refractivity contribution is 6.00. The van der Waals surface area contributed by atoms with Gasteiger partial charge >= 0.3 is 0 Å². The first-order valence-electron chi connectivity index (χ1n) is 31.1. The minimum absolute atomic E-state index is 0.0461. The molecule has 12 aromatic carbocycles. The number of benzene rings is 12. The smallest absolute Gasteiger partial charge is 0.119 e. The van der Waals surface area contributed by atoms with Crippen LogP contribution in [0.4, 0.5) is 45.5 Å². The molecule has 92 heavy (non-hydrogen) atoms. The predicted molar refractivity (Wildman–Crippen MR) is 376 cm³/mol. The average molecular weight is 1200 g/mol. The number of hydrazone groups is 2. The van der Waals surface area contributed by atoms with Crippen LogP contribution < -0.4 is 29.3 Å². The lowest BCUT2D eigenvalue weighted by Gasteiger charge is -2.34. The van der Waals surface area contributed by atoms with Crippen molar-refractivity contribution in [1.29, 1.82) is 0 Å². The van der Waals surface area contributed by atoms with E-state index in [4.69, 9.17) is 19.7 Å². The molecule has 13 rings (SSSR count). The number of fused-ring (bicyclic) bond motifs is 3. The molecule has 10 heteroatoms. The second-order valence-electron chi connectivity index (χ2n) is 22.7. The number of aliphatic hydroxyl groups excluding tert-OH is 2. The van der Waals surface area contributed by atoms with Crippen LogP contribution in [0.15, 0.2) is 338 Å². The molecule has 0 amide bonds. The molecule has 12 aromatic rings. The van der Waals surface area contributed by atoms with Crippen LogP contribution in [-0.4, -0.2) is 60.7 Å². The number of rotatable bonds is 24. The Labute approximate surface area is 538 Å². The van der Waals surface area contributed by atoms with Gasteiger partial charge in [-0.15, -0.1) is 0 Å². The Balaban J connectivity index is 0.692. The molecule has 0 radical (unpaired) electrons. The first-order chi connectivity index (χ1) is 45.3. The molecule has 2 unspecified atom stereocenters. The van der Waals surface area contributed by atoms with Gasteiger partial charge in [0.15, 0.2) is 0 Å². The highest BCUT2D eigenvalue weighted by atomic mass is 16.5. The molecule has 0 aliphatic heterocycles. The third-order valence-corrected chi connectivity index (χ3v) is 16.7. The van der Waals surface area contributed by atoms with E-state index in [2.05, 4.69) is 204 Å². The number of para-hydroxylation sites is 6. The second kappa shape index (κ2) is 28.0. The standard InChI is InChI=1S/C82H70N6O4/c1-61(63-42-50-73(51-43-63)88(70-32-16-6-17-33-70)71-34-18-7-19-35-71)84-86(67-26-10-3-11-27-67)58-75(90)60-92-77-54-46-65(47-55-77)82(80-38-22-20-36-78(80)79-37-21-23-39-81(79)82)64-44-52-76(53-45-64)91-59-74(89)57-85(66-24-8-2-9-25-66)83-56-62-40-48-72(49-41-62)87(68-28-12-4-13-29-68)69-30-14-5-15-31-69/h2-56,74-75,89-90H,57-60H2,1H3. The number of hydrogen-bond donors (Lipinski definition) is 2. The Hall–Kier alpha value is -11.3. The molecule has 0 saturated carbocycles. The maximum absolute atomic E-state index is 11.7. The molecule has 2 N–H and O–H groups in total. The van der Waals surface area contributed by atoms with Crippen LogP contribution in [-0.2, 0) is 5.41 Å². The van der Waals surface area contributed by atoms with Crippen LogP contribution >= 0.6 is 0 Å². The van der Waals surface area contributed by atoms with E-state index in [1.165, 1.54) is 22.3 Å². The van der Waals surface area contributed by atoms with Gasteiger partial charge in [-0.3, -0.25) is 10.0 Å². The van der Waals surface area contributed by atoms with E-state index >= 15 is 0 Å². The Morgan fingerprint density at radius 2 is 0.696 bits per heavy atom. The second-order valence-corrected chi connectivity index (χ2v) is 22.7. The van der Waals surface area contributed by atoms with Gasteiger partial charge in [0, 0.05) is 34.1 Å². The minimum atomic E-state index is -0.884. The van der Waals surface area contributed by atoms with E-state index in [0.717, 1.165) is 73.5 Å². The summed E-state index contributed by atoms with van der Waals surface area (Å²) in [6.07, 6.45) is 0.0615. The molecule has 0 spiro atoms. The third-order valence-electron chi connectivity index (χ3n) is 16.7. The van der Waals surface area contributed by atoms with E-state index < -0.39 is 17.6 Å². The SMILES string of the molecule is CC(=NN(CC(O)COc1ccc(C2(c3ccc(OCC(O)CN(N=Cc4ccc(N(c5ccccc5)c5ccccc5)cc4)c4ccccc4)cc3)c3ccccc3-c3ccccc32)cc1)c1ccccc1)c1ccc(N(c2ccccc2)c2ccccc2)cc1. The summed E-state index contributed by atoms with van der Waals surface area (Å²) in [5.74, 6) is 1.27. The fourth-order valence-electron chi connectivity index (χ4n) is 12.3. The van der Waals surface area contributed by atoms with Gasteiger partial charge < -0.3 is 29.5 Å². The van der Waals surface area contributed by atoms with Crippen molar-refractivity contribution in [2.45, 2.75) is 24.5 Å². The molecule has 1 aliphatic carbocycles. The number of anilines is 8. The van der Waals surface area contributed by atoms with Crippen LogP contribution in [0.5, 0.6) is 11.5 Å². The number of aliphatic hydroxyl groups is 2. The first-order valence-corrected chi connectivity index (χ1v) is 31.1. The van der Waals surface area contributed by atoms with Crippen LogP contribution in [0.2, 0.25) is 0 Å². The highest BCUT2D eigenvalue weighted by Gasteiger charge is 2.46. The summed E-state index contributed by atoms with van der Waals surface area (Å²) < 4.78 is 12.8. The fraction of sp³-hybridized carbons (Fsp3) is 0.0976. The maximum Gasteiger partial charge on any atom is 0.119 e. The molecule has 0 bridgehead atoms. The van der Waals surface area contributed by atoms with E-state index in [1.807, 2.05) is 157 Å². The highest BCUT2D eigenvalue weighted by Crippen LogP contribution is 2.56. The zero-order valence-corrected chi connectivity index (χ0v) is 51.1. The zero-order valence-electron chi connectivity index (χ0n) is 51.1. The molecule has 0 heterocycles. The van der Waals surface area contributed by atoms with Crippen molar-refractivity contribution >= 4 is 57.4 Å². The van der Waals surface area contributed by atoms with Gasteiger partial charge in [-0.2, -0.15) is 10.2 Å². The molecular formula is C82H70N6O4. The monoisotopic (exact) mass is 1200 g/mol. The Bertz CT molecular complexity index is 4250. The normalized spacial score (nSPS) is 12.9. The maximum atomic E-state index is 11.7. The largest absolute Gasteiger partial charge is 0.491 e. The average Bonchev–Trinajstić information content (AvgIpc) is 1.54. The van der Waals surface area contributed by atoms with Crippen molar-refractivity contribution in [3.05, 3.63) is 361 Å². The molecule has 0 saturated heterocycles. The summed E-state index contributed by atoms with van der Waals surface area (Å²) in [6.45, 7) is 2.49. The van der Waals surface area contributed by atoms with E-state index in [-0.39, 0.29) is 26.3 Å². The summed E-state index contributed by atoms with van der Waals surface area (Å²) >= 11 is 0. The van der Waals surface area contributed by atoms with Crippen molar-refractivity contribution in [2.75, 3.05) is 46.1 Å². The van der Waals surface area contributed by atoms with Gasteiger partial charge in [0.1, 0.15) is 36.9 Å². The summed E-state index contributed by atoms with van der Waals surface area (Å²) in [5, 5.41) is 37.0. The van der Waals surface area contributed by atoms with Crippen molar-refractivity contribution in [3.63, 3.8) is 0 Å². The third kappa shape index (κ3) is 13.2. The summed E-state index contributed by atoms with van der Waals surface area (Å²) in [7, 11) is 0. The van der Waals surface area contributed by atoms with E-state index in [9.17, 15) is 10.2 Å². The van der Waals surface area contributed by atoms with Crippen molar-refractivity contribution in [3.8, 4) is 22.6 Å². The van der Waals surface area contributed by atoms with Crippen molar-refractivity contribution in [1.82, 2.24) is 0 Å². The van der Waals surface area contributed by atoms with E-state index in [1.54, 1.807) is 0 Å². The van der Waals surface area contributed by atoms with Crippen LogP contribution in [0.25, 0.3) is 11.1 Å². The Morgan fingerprint density at radius 1 is 0.370 bits per heavy atom. The lowest BCUT2D eigenvalue weighted by atomic mass is 9.68. The number of nitrogens with zero attached hydrogens (tertiary/aromatic N) is 6. The summed E-state index contributed by atoms with van der Waals surface area (Å²) in [4.78, 5) is 4.46. The van der Waals surface area contributed by atoms with Gasteiger partial charge in [-0.1, -0.05) is 206 Å². The molecule has 2 atom stereocenters. The molecule has 10 nitrogen and oxygen atoms in total. The lowest BCUT2D eigenvalue weighted by Crippen LogP contribution is -2.33. The zero-order chi connectivity index (χ0) is 62.5. The van der Waals surface area contributed by atoms with Crippen molar-refractivity contribution < 1.29 is 19.7 Å².